The van der Waals surface area contributed by atoms with Gasteiger partial charge in [-0.25, -0.2) is 8.42 Å². The fourth-order valence-electron chi connectivity index (χ4n) is 5.87. The third-order valence-electron chi connectivity index (χ3n) is 8.50. The molecule has 1 fully saturated rings. The molecule has 0 saturated heterocycles. The lowest BCUT2D eigenvalue weighted by Crippen LogP contribution is -2.54. The zero-order valence-electron chi connectivity index (χ0n) is 27.0. The summed E-state index contributed by atoms with van der Waals surface area (Å²) in [5.74, 6) is -0.125. The standard InChI is InChI=1S/C38H43N3O5S/c1-29-17-19-31(20-18-29)26-40(36(25-30-11-5-3-6-12-30)38(43)39-33-15-9-10-16-33)37(42)27-41(47(2,44)45)34-21-23-35(24-22-34)46-28-32-13-7-4-8-14-32/h3-8,11-14,17-24,33,36H,9-10,15-16,25-28H2,1-2H3,(H,39,43)/t36-/m1/s1. The van der Waals surface area contributed by atoms with Crippen LogP contribution >= 0.6 is 0 Å². The Morgan fingerprint density at radius 3 is 2.00 bits per heavy atom. The monoisotopic (exact) mass is 653 g/mol. The van der Waals surface area contributed by atoms with Gasteiger partial charge in [-0.3, -0.25) is 13.9 Å². The van der Waals surface area contributed by atoms with Gasteiger partial charge in [0.25, 0.3) is 0 Å². The highest BCUT2D eigenvalue weighted by molar-refractivity contribution is 7.92. The van der Waals surface area contributed by atoms with Crippen LogP contribution < -0.4 is 14.4 Å². The minimum atomic E-state index is -3.87. The van der Waals surface area contributed by atoms with Crippen LogP contribution in [0.2, 0.25) is 0 Å². The lowest BCUT2D eigenvalue weighted by atomic mass is 10.0. The van der Waals surface area contributed by atoms with E-state index in [0.29, 0.717) is 24.5 Å². The summed E-state index contributed by atoms with van der Waals surface area (Å²) in [6.07, 6.45) is 5.30. The Morgan fingerprint density at radius 2 is 1.40 bits per heavy atom. The van der Waals surface area contributed by atoms with Gasteiger partial charge < -0.3 is 15.0 Å². The number of nitrogens with one attached hydrogen (secondary N) is 1. The highest BCUT2D eigenvalue weighted by Crippen LogP contribution is 2.24. The maximum Gasteiger partial charge on any atom is 0.244 e. The molecule has 8 nitrogen and oxygen atoms in total. The molecule has 0 aromatic heterocycles. The maximum atomic E-state index is 14.4. The summed E-state index contributed by atoms with van der Waals surface area (Å²) < 4.78 is 33.3. The van der Waals surface area contributed by atoms with Crippen molar-refractivity contribution in [3.8, 4) is 5.75 Å². The molecule has 0 bridgehead atoms. The summed E-state index contributed by atoms with van der Waals surface area (Å²) in [5, 5.41) is 3.20. The van der Waals surface area contributed by atoms with Gasteiger partial charge in [0.1, 0.15) is 24.9 Å². The van der Waals surface area contributed by atoms with Crippen LogP contribution in [0.3, 0.4) is 0 Å². The van der Waals surface area contributed by atoms with E-state index >= 15 is 0 Å². The second-order valence-corrected chi connectivity index (χ2v) is 14.1. The van der Waals surface area contributed by atoms with E-state index in [4.69, 9.17) is 4.74 Å². The van der Waals surface area contributed by atoms with Gasteiger partial charge in [0.05, 0.1) is 11.9 Å². The number of amides is 2. The quantitative estimate of drug-likeness (QED) is 0.179. The van der Waals surface area contributed by atoms with Gasteiger partial charge in [-0.15, -0.1) is 0 Å². The van der Waals surface area contributed by atoms with Crippen molar-refractivity contribution in [3.63, 3.8) is 0 Å². The lowest BCUT2D eigenvalue weighted by molar-refractivity contribution is -0.140. The lowest BCUT2D eigenvalue weighted by Gasteiger charge is -2.34. The first kappa shape index (κ1) is 33.7. The molecule has 47 heavy (non-hydrogen) atoms. The van der Waals surface area contributed by atoms with Crippen molar-refractivity contribution in [3.05, 3.63) is 131 Å². The zero-order chi connectivity index (χ0) is 33.2. The minimum absolute atomic E-state index is 0.0623. The van der Waals surface area contributed by atoms with Gasteiger partial charge in [-0.2, -0.15) is 0 Å². The van der Waals surface area contributed by atoms with E-state index in [1.165, 1.54) is 4.90 Å². The molecule has 0 aliphatic heterocycles. The Bertz CT molecular complexity index is 1710. The SMILES string of the molecule is Cc1ccc(CN(C(=O)CN(c2ccc(OCc3ccccc3)cc2)S(C)(=O)=O)[C@H](Cc2ccccc2)C(=O)NC2CCCC2)cc1. The Labute approximate surface area is 278 Å². The Morgan fingerprint density at radius 1 is 0.809 bits per heavy atom. The van der Waals surface area contributed by atoms with Crippen LogP contribution in [0.15, 0.2) is 109 Å². The number of carbonyl (C=O) groups excluding carboxylic acids is 2. The van der Waals surface area contributed by atoms with Gasteiger partial charge in [0.15, 0.2) is 0 Å². The van der Waals surface area contributed by atoms with Crippen LogP contribution in [0.5, 0.6) is 5.75 Å². The van der Waals surface area contributed by atoms with Crippen LogP contribution in [0.25, 0.3) is 0 Å². The fourth-order valence-corrected chi connectivity index (χ4v) is 6.72. The van der Waals surface area contributed by atoms with E-state index in [1.54, 1.807) is 24.3 Å². The van der Waals surface area contributed by atoms with E-state index in [1.807, 2.05) is 91.9 Å². The van der Waals surface area contributed by atoms with Crippen molar-refractivity contribution in [1.82, 2.24) is 10.2 Å². The average Bonchev–Trinajstić information content (AvgIpc) is 3.59. The Kier molecular flexibility index (Phi) is 11.3. The normalized spacial score (nSPS) is 13.9. The molecule has 1 N–H and O–H groups in total. The van der Waals surface area contributed by atoms with E-state index in [9.17, 15) is 18.0 Å². The summed E-state index contributed by atoms with van der Waals surface area (Å²) in [5.41, 5.74) is 4.17. The predicted octanol–water partition coefficient (Wildman–Crippen LogP) is 6.04. The molecule has 9 heteroatoms. The number of benzene rings is 4. The number of rotatable bonds is 14. The first-order valence-corrected chi connectivity index (χ1v) is 17.9. The summed E-state index contributed by atoms with van der Waals surface area (Å²) in [6, 6.07) is 33.0. The second kappa shape index (κ2) is 15.8. The van der Waals surface area contributed by atoms with Crippen molar-refractivity contribution in [2.45, 2.75) is 64.3 Å². The van der Waals surface area contributed by atoms with Crippen LogP contribution in [-0.4, -0.2) is 50.0 Å². The minimum Gasteiger partial charge on any atom is -0.489 e. The predicted molar refractivity (Wildman–Crippen MR) is 185 cm³/mol. The fraction of sp³-hybridized carbons (Fsp3) is 0.316. The zero-order valence-corrected chi connectivity index (χ0v) is 27.9. The van der Waals surface area contributed by atoms with Crippen molar-refractivity contribution in [2.75, 3.05) is 17.1 Å². The largest absolute Gasteiger partial charge is 0.489 e. The molecule has 2 amide bonds. The maximum absolute atomic E-state index is 14.4. The average molecular weight is 654 g/mol. The number of anilines is 1. The van der Waals surface area contributed by atoms with Gasteiger partial charge in [0, 0.05) is 19.0 Å². The molecule has 0 spiro atoms. The summed E-state index contributed by atoms with van der Waals surface area (Å²) in [7, 11) is -3.87. The van der Waals surface area contributed by atoms with Crippen LogP contribution in [0, 0.1) is 6.92 Å². The highest BCUT2D eigenvalue weighted by Gasteiger charge is 2.34. The number of carbonyl (C=O) groups is 2. The number of aryl methyl sites for hydroxylation is 1. The van der Waals surface area contributed by atoms with E-state index in [2.05, 4.69) is 5.32 Å². The summed E-state index contributed by atoms with van der Waals surface area (Å²) >= 11 is 0. The highest BCUT2D eigenvalue weighted by atomic mass is 32.2. The molecule has 5 rings (SSSR count). The van der Waals surface area contributed by atoms with Crippen molar-refractivity contribution < 1.29 is 22.7 Å². The van der Waals surface area contributed by atoms with Gasteiger partial charge in [0.2, 0.25) is 21.8 Å². The molecular formula is C38H43N3O5S. The van der Waals surface area contributed by atoms with E-state index in [-0.39, 0.29) is 18.5 Å². The van der Waals surface area contributed by atoms with E-state index in [0.717, 1.165) is 58.5 Å². The number of hydrogen-bond donors (Lipinski definition) is 1. The third-order valence-corrected chi connectivity index (χ3v) is 9.64. The summed E-state index contributed by atoms with van der Waals surface area (Å²) in [6.45, 7) is 2.05. The number of nitrogens with zero attached hydrogens (tertiary/aromatic N) is 2. The molecule has 4 aromatic rings. The number of sulfonamides is 1. The van der Waals surface area contributed by atoms with Gasteiger partial charge in [-0.1, -0.05) is 103 Å². The third kappa shape index (κ3) is 9.68. The van der Waals surface area contributed by atoms with Gasteiger partial charge >= 0.3 is 0 Å². The molecule has 246 valence electrons. The summed E-state index contributed by atoms with van der Waals surface area (Å²) in [4.78, 5) is 29.9. The number of hydrogen-bond acceptors (Lipinski definition) is 5. The van der Waals surface area contributed by atoms with Crippen molar-refractivity contribution in [2.24, 2.45) is 0 Å². The molecule has 1 saturated carbocycles. The molecular weight excluding hydrogens is 611 g/mol. The van der Waals surface area contributed by atoms with Gasteiger partial charge in [-0.05, 0) is 60.7 Å². The molecule has 0 heterocycles. The van der Waals surface area contributed by atoms with E-state index < -0.39 is 28.5 Å². The molecule has 1 aliphatic rings. The topological polar surface area (TPSA) is 96.0 Å². The van der Waals surface area contributed by atoms with Crippen molar-refractivity contribution >= 4 is 27.5 Å². The Balaban J connectivity index is 1.42. The van der Waals surface area contributed by atoms with Crippen molar-refractivity contribution in [1.29, 1.82) is 0 Å². The molecule has 0 unspecified atom stereocenters. The molecule has 0 radical (unpaired) electrons. The first-order chi connectivity index (χ1) is 22.7. The number of ether oxygens (including phenoxy) is 1. The smallest absolute Gasteiger partial charge is 0.244 e. The first-order valence-electron chi connectivity index (χ1n) is 16.1. The second-order valence-electron chi connectivity index (χ2n) is 12.2. The molecule has 4 aromatic carbocycles. The molecule has 1 atom stereocenters. The van der Waals surface area contributed by atoms with Crippen LogP contribution in [-0.2, 0) is 39.2 Å². The Hall–Kier alpha value is -4.63. The van der Waals surface area contributed by atoms with Crippen LogP contribution in [0.4, 0.5) is 5.69 Å². The molecule has 1 aliphatic carbocycles. The van der Waals surface area contributed by atoms with Crippen LogP contribution in [0.1, 0.15) is 47.9 Å².